The van der Waals surface area contributed by atoms with E-state index < -0.39 is 17.5 Å². The molecule has 0 saturated carbocycles. The molecule has 0 saturated heterocycles. The third-order valence-electron chi connectivity index (χ3n) is 3.54. The third-order valence-corrected chi connectivity index (χ3v) is 4.57. The Kier molecular flexibility index (Phi) is 5.75. The van der Waals surface area contributed by atoms with Crippen LogP contribution in [0.1, 0.15) is 0 Å². The minimum atomic E-state index is -0.707. The van der Waals surface area contributed by atoms with Gasteiger partial charge in [-0.1, -0.05) is 29.5 Å². The molecule has 0 unspecified atom stereocenters. The first-order valence-corrected chi connectivity index (χ1v) is 8.63. The molecular formula is C18H16F2N2O3S. The van der Waals surface area contributed by atoms with Gasteiger partial charge in [-0.05, 0) is 18.2 Å². The standard InChI is InChI=1S/C18H16F2N2O3S/c1-24-8-7-22-17-14(20)9-12(19)10-15(17)26-18(22)21-16(23)11-25-13-5-3-2-4-6-13/h2-6,9-10H,7-8,11H2,1H3. The Morgan fingerprint density at radius 1 is 1.23 bits per heavy atom. The summed E-state index contributed by atoms with van der Waals surface area (Å²) in [5.41, 5.74) is 0.198. The van der Waals surface area contributed by atoms with Gasteiger partial charge in [-0.25, -0.2) is 8.78 Å². The molecule has 0 fully saturated rings. The van der Waals surface area contributed by atoms with Gasteiger partial charge in [0.05, 0.1) is 16.8 Å². The SMILES string of the molecule is COCCn1c(=NC(=O)COc2ccccc2)sc2cc(F)cc(F)c21. The fourth-order valence-electron chi connectivity index (χ4n) is 2.41. The van der Waals surface area contributed by atoms with E-state index in [4.69, 9.17) is 9.47 Å². The van der Waals surface area contributed by atoms with E-state index in [1.807, 2.05) is 6.07 Å². The second-order valence-electron chi connectivity index (χ2n) is 5.37. The van der Waals surface area contributed by atoms with Crippen molar-refractivity contribution in [3.63, 3.8) is 0 Å². The lowest BCUT2D eigenvalue weighted by atomic mass is 10.3. The van der Waals surface area contributed by atoms with E-state index in [1.54, 1.807) is 24.3 Å². The highest BCUT2D eigenvalue weighted by molar-refractivity contribution is 7.16. The van der Waals surface area contributed by atoms with E-state index in [1.165, 1.54) is 17.7 Å². The number of carbonyl (C=O) groups excluding carboxylic acids is 1. The molecule has 2 aromatic carbocycles. The summed E-state index contributed by atoms with van der Waals surface area (Å²) < 4.78 is 40.0. The fraction of sp³-hybridized carbons (Fsp3) is 0.222. The van der Waals surface area contributed by atoms with Crippen molar-refractivity contribution in [1.82, 2.24) is 4.57 Å². The monoisotopic (exact) mass is 378 g/mol. The molecule has 0 aliphatic carbocycles. The van der Waals surface area contributed by atoms with Crippen molar-refractivity contribution in [3.05, 3.63) is 58.9 Å². The highest BCUT2D eigenvalue weighted by Gasteiger charge is 2.14. The molecule has 26 heavy (non-hydrogen) atoms. The van der Waals surface area contributed by atoms with E-state index in [0.29, 0.717) is 17.1 Å². The Hall–Kier alpha value is -2.58. The number of nitrogens with zero attached hydrogens (tertiary/aromatic N) is 2. The zero-order valence-corrected chi connectivity index (χ0v) is 14.8. The number of para-hydroxylation sites is 1. The lowest BCUT2D eigenvalue weighted by Crippen LogP contribution is -2.21. The number of rotatable bonds is 6. The van der Waals surface area contributed by atoms with Crippen LogP contribution in [0.5, 0.6) is 5.75 Å². The average Bonchev–Trinajstić information content (AvgIpc) is 2.96. The van der Waals surface area contributed by atoms with Gasteiger partial charge in [-0.15, -0.1) is 0 Å². The number of thiazole rings is 1. The number of ether oxygens (including phenoxy) is 2. The molecule has 5 nitrogen and oxygen atoms in total. The summed E-state index contributed by atoms with van der Waals surface area (Å²) in [4.78, 5) is 16.4. The van der Waals surface area contributed by atoms with Crippen molar-refractivity contribution in [2.75, 3.05) is 20.3 Å². The first kappa shape index (κ1) is 18.2. The molecule has 0 N–H and O–H groups in total. The number of hydrogen-bond acceptors (Lipinski definition) is 4. The normalized spacial score (nSPS) is 11.9. The summed E-state index contributed by atoms with van der Waals surface area (Å²) in [5.74, 6) is -1.36. The molecule has 0 aliphatic heterocycles. The van der Waals surface area contributed by atoms with Crippen molar-refractivity contribution in [2.24, 2.45) is 4.99 Å². The van der Waals surface area contributed by atoms with Gasteiger partial charge in [0.25, 0.3) is 5.91 Å². The van der Waals surface area contributed by atoms with Gasteiger partial charge in [0.2, 0.25) is 0 Å². The van der Waals surface area contributed by atoms with Gasteiger partial charge in [-0.3, -0.25) is 4.79 Å². The number of hydrogen-bond donors (Lipinski definition) is 0. The van der Waals surface area contributed by atoms with Crippen molar-refractivity contribution >= 4 is 27.5 Å². The highest BCUT2D eigenvalue weighted by atomic mass is 32.1. The van der Waals surface area contributed by atoms with Gasteiger partial charge >= 0.3 is 0 Å². The predicted molar refractivity (Wildman–Crippen MR) is 94.1 cm³/mol. The highest BCUT2D eigenvalue weighted by Crippen LogP contribution is 2.22. The number of halogens is 2. The summed E-state index contributed by atoms with van der Waals surface area (Å²) in [6, 6.07) is 10.9. The largest absolute Gasteiger partial charge is 0.484 e. The summed E-state index contributed by atoms with van der Waals surface area (Å²) in [6.07, 6.45) is 0. The van der Waals surface area contributed by atoms with Crippen LogP contribution in [0.2, 0.25) is 0 Å². The topological polar surface area (TPSA) is 52.8 Å². The van der Waals surface area contributed by atoms with Crippen molar-refractivity contribution < 1.29 is 23.0 Å². The van der Waals surface area contributed by atoms with Gasteiger partial charge in [0.15, 0.2) is 17.2 Å². The van der Waals surface area contributed by atoms with Crippen LogP contribution in [0, 0.1) is 11.6 Å². The molecule has 0 aliphatic rings. The minimum Gasteiger partial charge on any atom is -0.484 e. The molecule has 3 aromatic rings. The lowest BCUT2D eigenvalue weighted by molar-refractivity contribution is -0.120. The van der Waals surface area contributed by atoms with Crippen LogP contribution in [0.25, 0.3) is 10.2 Å². The van der Waals surface area contributed by atoms with Crippen molar-refractivity contribution in [3.8, 4) is 5.75 Å². The Morgan fingerprint density at radius 2 is 2.00 bits per heavy atom. The van der Waals surface area contributed by atoms with E-state index in [0.717, 1.165) is 17.4 Å². The van der Waals surface area contributed by atoms with Crippen molar-refractivity contribution in [2.45, 2.75) is 6.54 Å². The van der Waals surface area contributed by atoms with Crippen LogP contribution in [0.4, 0.5) is 8.78 Å². The Morgan fingerprint density at radius 3 is 2.73 bits per heavy atom. The second kappa shape index (κ2) is 8.20. The van der Waals surface area contributed by atoms with Crippen LogP contribution in [-0.4, -0.2) is 30.8 Å². The second-order valence-corrected chi connectivity index (χ2v) is 6.38. The molecule has 0 atom stereocenters. The van der Waals surface area contributed by atoms with Gasteiger partial charge in [0.1, 0.15) is 11.6 Å². The van der Waals surface area contributed by atoms with Gasteiger partial charge < -0.3 is 14.0 Å². The van der Waals surface area contributed by atoms with Crippen LogP contribution < -0.4 is 9.54 Å². The van der Waals surface area contributed by atoms with Crippen LogP contribution in [-0.2, 0) is 16.1 Å². The maximum Gasteiger partial charge on any atom is 0.286 e. The summed E-state index contributed by atoms with van der Waals surface area (Å²) >= 11 is 1.04. The van der Waals surface area contributed by atoms with E-state index in [2.05, 4.69) is 4.99 Å². The molecule has 0 spiro atoms. The van der Waals surface area contributed by atoms with Crippen LogP contribution in [0.3, 0.4) is 0 Å². The third kappa shape index (κ3) is 4.14. The molecule has 136 valence electrons. The maximum absolute atomic E-state index is 14.2. The number of benzene rings is 2. The fourth-order valence-corrected chi connectivity index (χ4v) is 3.52. The van der Waals surface area contributed by atoms with Crippen molar-refractivity contribution in [1.29, 1.82) is 0 Å². The summed E-state index contributed by atoms with van der Waals surface area (Å²) in [5, 5.41) is 0. The summed E-state index contributed by atoms with van der Waals surface area (Å²) in [7, 11) is 1.51. The number of fused-ring (bicyclic) bond motifs is 1. The molecular weight excluding hydrogens is 362 g/mol. The first-order chi connectivity index (χ1) is 12.6. The average molecular weight is 378 g/mol. The number of amides is 1. The smallest absolute Gasteiger partial charge is 0.286 e. The van der Waals surface area contributed by atoms with E-state index >= 15 is 0 Å². The molecule has 1 heterocycles. The van der Waals surface area contributed by atoms with E-state index in [9.17, 15) is 13.6 Å². The zero-order valence-electron chi connectivity index (χ0n) is 13.9. The van der Waals surface area contributed by atoms with Crippen LogP contribution in [0.15, 0.2) is 47.5 Å². The Balaban J connectivity index is 1.93. The molecule has 1 aromatic heterocycles. The van der Waals surface area contributed by atoms with E-state index in [-0.39, 0.29) is 23.5 Å². The predicted octanol–water partition coefficient (Wildman–Crippen LogP) is 3.13. The number of aromatic nitrogens is 1. The zero-order chi connectivity index (χ0) is 18.5. The molecule has 0 bridgehead atoms. The maximum atomic E-state index is 14.2. The quantitative estimate of drug-likeness (QED) is 0.662. The summed E-state index contributed by atoms with van der Waals surface area (Å²) in [6.45, 7) is 0.328. The van der Waals surface area contributed by atoms with Crippen LogP contribution >= 0.6 is 11.3 Å². The molecule has 1 amide bonds. The molecule has 8 heteroatoms. The van der Waals surface area contributed by atoms with Gasteiger partial charge in [0, 0.05) is 19.7 Å². The number of carbonyl (C=O) groups is 1. The molecule has 0 radical (unpaired) electrons. The Labute approximate surface area is 152 Å². The first-order valence-electron chi connectivity index (χ1n) is 7.81. The minimum absolute atomic E-state index is 0.198. The van der Waals surface area contributed by atoms with Gasteiger partial charge in [-0.2, -0.15) is 4.99 Å². The molecule has 3 rings (SSSR count). The number of methoxy groups -OCH3 is 1. The Bertz CT molecular complexity index is 983. The lowest BCUT2D eigenvalue weighted by Gasteiger charge is -2.05.